The lowest BCUT2D eigenvalue weighted by atomic mass is 10.1. The molecule has 0 aromatic heterocycles. The van der Waals surface area contributed by atoms with Gasteiger partial charge in [-0.2, -0.15) is 0 Å². The van der Waals surface area contributed by atoms with Gasteiger partial charge >= 0.3 is 5.97 Å². The summed E-state index contributed by atoms with van der Waals surface area (Å²) in [6.45, 7) is -2.41. The van der Waals surface area contributed by atoms with Crippen LogP contribution in [0.1, 0.15) is 10.4 Å². The first kappa shape index (κ1) is 16.3. The standard InChI is InChI=1S/C10H12F2N2O5S/c11-10(12,5-15)4-14-8-2-1-6(20(13,18)19)3-7(8)9(16)17/h1-3,14-15H,4-5H2,(H,16,17)(H2,13,18,19). The van der Waals surface area contributed by atoms with Crippen LogP contribution < -0.4 is 10.5 Å². The number of sulfonamides is 1. The number of carbonyl (C=O) groups is 1. The molecule has 0 radical (unpaired) electrons. The molecule has 7 nitrogen and oxygen atoms in total. The fourth-order valence-corrected chi connectivity index (χ4v) is 1.85. The van der Waals surface area contributed by atoms with Gasteiger partial charge in [-0.3, -0.25) is 0 Å². The number of benzene rings is 1. The number of halogens is 2. The van der Waals surface area contributed by atoms with Crippen LogP contribution in [0.5, 0.6) is 0 Å². The van der Waals surface area contributed by atoms with Crippen molar-refractivity contribution in [2.45, 2.75) is 10.8 Å². The predicted molar refractivity (Wildman–Crippen MR) is 65.3 cm³/mol. The summed E-state index contributed by atoms with van der Waals surface area (Å²) in [6.07, 6.45) is 0. The number of anilines is 1. The Labute approximate surface area is 113 Å². The normalized spacial score (nSPS) is 12.2. The second-order valence-electron chi connectivity index (χ2n) is 3.93. The fourth-order valence-electron chi connectivity index (χ4n) is 1.31. The third-order valence-corrected chi connectivity index (χ3v) is 3.23. The molecule has 0 spiro atoms. The molecule has 0 amide bonds. The van der Waals surface area contributed by atoms with E-state index in [0.717, 1.165) is 18.2 Å². The van der Waals surface area contributed by atoms with Gasteiger partial charge in [0, 0.05) is 5.69 Å². The zero-order valence-electron chi connectivity index (χ0n) is 10.0. The Morgan fingerprint density at radius 1 is 1.40 bits per heavy atom. The van der Waals surface area contributed by atoms with Crippen LogP contribution >= 0.6 is 0 Å². The van der Waals surface area contributed by atoms with Crippen molar-refractivity contribution < 1.29 is 32.2 Å². The van der Waals surface area contributed by atoms with Crippen molar-refractivity contribution in [3.05, 3.63) is 23.8 Å². The van der Waals surface area contributed by atoms with E-state index >= 15 is 0 Å². The summed E-state index contributed by atoms with van der Waals surface area (Å²) in [5.41, 5.74) is -0.733. The Kier molecular flexibility index (Phi) is 4.63. The van der Waals surface area contributed by atoms with Gasteiger partial charge in [0.2, 0.25) is 10.0 Å². The summed E-state index contributed by atoms with van der Waals surface area (Å²) in [5, 5.41) is 24.3. The molecule has 0 aliphatic rings. The number of nitrogens with two attached hydrogens (primary N) is 1. The zero-order valence-corrected chi connectivity index (χ0v) is 10.8. The molecule has 0 aliphatic carbocycles. The van der Waals surface area contributed by atoms with Gasteiger partial charge in [-0.25, -0.2) is 27.1 Å². The van der Waals surface area contributed by atoms with Crippen LogP contribution in [-0.4, -0.2) is 43.7 Å². The Morgan fingerprint density at radius 3 is 2.45 bits per heavy atom. The monoisotopic (exact) mass is 310 g/mol. The summed E-state index contributed by atoms with van der Waals surface area (Å²) in [6, 6.07) is 2.76. The van der Waals surface area contributed by atoms with Crippen LogP contribution in [0.25, 0.3) is 0 Å². The smallest absolute Gasteiger partial charge is 0.337 e. The van der Waals surface area contributed by atoms with Gasteiger partial charge in [0.25, 0.3) is 5.92 Å². The van der Waals surface area contributed by atoms with Crippen LogP contribution in [0.15, 0.2) is 23.1 Å². The Hall–Kier alpha value is -1.78. The van der Waals surface area contributed by atoms with Crippen molar-refractivity contribution in [2.24, 2.45) is 5.14 Å². The van der Waals surface area contributed by atoms with Crippen molar-refractivity contribution >= 4 is 21.7 Å². The van der Waals surface area contributed by atoms with Crippen LogP contribution in [0, 0.1) is 0 Å². The lowest BCUT2D eigenvalue weighted by Crippen LogP contribution is -2.31. The Bertz CT molecular complexity index is 618. The summed E-state index contributed by atoms with van der Waals surface area (Å²) < 4.78 is 47.9. The highest BCUT2D eigenvalue weighted by Gasteiger charge is 2.28. The van der Waals surface area contributed by atoms with E-state index < -0.39 is 45.5 Å². The third-order valence-electron chi connectivity index (χ3n) is 2.32. The number of aliphatic hydroxyl groups excluding tert-OH is 1. The van der Waals surface area contributed by atoms with E-state index in [1.807, 2.05) is 0 Å². The maximum atomic E-state index is 12.9. The minimum Gasteiger partial charge on any atom is -0.478 e. The average Bonchev–Trinajstić information content (AvgIpc) is 2.35. The highest BCUT2D eigenvalue weighted by Crippen LogP contribution is 2.22. The van der Waals surface area contributed by atoms with E-state index in [1.165, 1.54) is 0 Å². The van der Waals surface area contributed by atoms with Crippen LogP contribution in [-0.2, 0) is 10.0 Å². The van der Waals surface area contributed by atoms with Gasteiger partial charge in [-0.05, 0) is 18.2 Å². The summed E-state index contributed by atoms with van der Waals surface area (Å²) in [7, 11) is -4.10. The molecular weight excluding hydrogens is 298 g/mol. The van der Waals surface area contributed by atoms with Crippen LogP contribution in [0.2, 0.25) is 0 Å². The van der Waals surface area contributed by atoms with Gasteiger partial charge in [-0.15, -0.1) is 0 Å². The molecule has 1 rings (SSSR count). The number of aliphatic hydroxyl groups is 1. The van der Waals surface area contributed by atoms with E-state index in [0.29, 0.717) is 0 Å². The molecule has 0 unspecified atom stereocenters. The molecule has 1 aromatic rings. The van der Waals surface area contributed by atoms with E-state index in [9.17, 15) is 22.0 Å². The number of carboxylic acid groups (broad SMARTS) is 1. The minimum atomic E-state index is -4.10. The molecule has 10 heteroatoms. The fraction of sp³-hybridized carbons (Fsp3) is 0.300. The van der Waals surface area contributed by atoms with E-state index in [4.69, 9.17) is 15.4 Å². The Morgan fingerprint density at radius 2 is 2.00 bits per heavy atom. The predicted octanol–water partition coefficient (Wildman–Crippen LogP) is 0.0717. The van der Waals surface area contributed by atoms with E-state index in [1.54, 1.807) is 0 Å². The van der Waals surface area contributed by atoms with Crippen molar-refractivity contribution in [1.82, 2.24) is 0 Å². The lowest BCUT2D eigenvalue weighted by Gasteiger charge is -2.16. The molecule has 5 N–H and O–H groups in total. The van der Waals surface area contributed by atoms with Gasteiger partial charge in [0.1, 0.15) is 6.61 Å². The van der Waals surface area contributed by atoms with Crippen molar-refractivity contribution in [3.8, 4) is 0 Å². The van der Waals surface area contributed by atoms with Crippen molar-refractivity contribution in [2.75, 3.05) is 18.5 Å². The molecule has 0 heterocycles. The highest BCUT2D eigenvalue weighted by molar-refractivity contribution is 7.89. The summed E-state index contributed by atoms with van der Waals surface area (Å²) >= 11 is 0. The maximum absolute atomic E-state index is 12.9. The number of hydrogen-bond donors (Lipinski definition) is 4. The maximum Gasteiger partial charge on any atom is 0.337 e. The van der Waals surface area contributed by atoms with Gasteiger partial charge < -0.3 is 15.5 Å². The van der Waals surface area contributed by atoms with Crippen molar-refractivity contribution in [3.63, 3.8) is 0 Å². The molecule has 0 saturated carbocycles. The van der Waals surface area contributed by atoms with Crippen LogP contribution in [0.3, 0.4) is 0 Å². The molecule has 20 heavy (non-hydrogen) atoms. The summed E-state index contributed by atoms with van der Waals surface area (Å²) in [5.74, 6) is -4.95. The molecule has 0 atom stereocenters. The van der Waals surface area contributed by atoms with Crippen LogP contribution in [0.4, 0.5) is 14.5 Å². The molecule has 0 bridgehead atoms. The minimum absolute atomic E-state index is 0.210. The molecule has 112 valence electrons. The van der Waals surface area contributed by atoms with Gasteiger partial charge in [0.15, 0.2) is 0 Å². The van der Waals surface area contributed by atoms with Crippen molar-refractivity contribution in [1.29, 1.82) is 0 Å². The lowest BCUT2D eigenvalue weighted by molar-refractivity contribution is -0.0373. The number of hydrogen-bond acceptors (Lipinski definition) is 5. The second-order valence-corrected chi connectivity index (χ2v) is 5.49. The largest absolute Gasteiger partial charge is 0.478 e. The average molecular weight is 310 g/mol. The zero-order chi connectivity index (χ0) is 15.6. The first-order valence-electron chi connectivity index (χ1n) is 5.19. The second kappa shape index (κ2) is 5.69. The van der Waals surface area contributed by atoms with E-state index in [2.05, 4.69) is 5.32 Å². The number of aromatic carboxylic acids is 1. The number of carboxylic acids is 1. The molecule has 1 aromatic carbocycles. The molecule has 0 aliphatic heterocycles. The first-order valence-corrected chi connectivity index (χ1v) is 6.74. The molecular formula is C10H12F2N2O5S. The Balaban J connectivity index is 3.12. The van der Waals surface area contributed by atoms with E-state index in [-0.39, 0.29) is 5.69 Å². The van der Waals surface area contributed by atoms with Gasteiger partial charge in [-0.1, -0.05) is 0 Å². The highest BCUT2D eigenvalue weighted by atomic mass is 32.2. The first-order chi connectivity index (χ1) is 9.07. The quantitative estimate of drug-likeness (QED) is 0.588. The number of primary sulfonamides is 1. The molecule has 0 saturated heterocycles. The number of nitrogens with one attached hydrogen (secondary N) is 1. The van der Waals surface area contributed by atoms with Gasteiger partial charge in [0.05, 0.1) is 17.0 Å². The SMILES string of the molecule is NS(=O)(=O)c1ccc(NCC(F)(F)CO)c(C(=O)O)c1. The topological polar surface area (TPSA) is 130 Å². The third kappa shape index (κ3) is 4.11. The number of rotatable bonds is 6. The summed E-state index contributed by atoms with van der Waals surface area (Å²) in [4.78, 5) is 10.5. The number of alkyl halides is 2. The molecule has 0 fully saturated rings.